The van der Waals surface area contributed by atoms with Gasteiger partial charge in [0.05, 0.1) is 32.0 Å². The van der Waals surface area contributed by atoms with Crippen LogP contribution in [0.25, 0.3) is 0 Å². The highest BCUT2D eigenvalue weighted by molar-refractivity contribution is 7.10. The summed E-state index contributed by atoms with van der Waals surface area (Å²) in [6.45, 7) is 2.49. The number of rotatable bonds is 5. The summed E-state index contributed by atoms with van der Waals surface area (Å²) in [6, 6.07) is 5.28. The highest BCUT2D eigenvalue weighted by Crippen LogP contribution is 2.31. The summed E-state index contributed by atoms with van der Waals surface area (Å²) < 4.78 is 10.3. The molecule has 0 unspecified atom stereocenters. The number of aryl methyl sites for hydroxylation is 1. The topological polar surface area (TPSA) is 73.6 Å². The highest BCUT2D eigenvalue weighted by Gasteiger charge is 2.16. The van der Waals surface area contributed by atoms with Crippen LogP contribution in [0.3, 0.4) is 0 Å². The van der Waals surface area contributed by atoms with Crippen LogP contribution in [0.4, 0.5) is 5.69 Å². The Bertz CT molecular complexity index is 652. The molecule has 1 heterocycles. The van der Waals surface area contributed by atoms with Crippen LogP contribution < -0.4 is 20.5 Å². The van der Waals surface area contributed by atoms with Crippen molar-refractivity contribution in [1.29, 1.82) is 0 Å². The van der Waals surface area contributed by atoms with Gasteiger partial charge in [-0.3, -0.25) is 4.79 Å². The first-order valence-electron chi connectivity index (χ1n) is 6.39. The summed E-state index contributed by atoms with van der Waals surface area (Å²) in [5.74, 6) is 0.697. The second-order valence-electron chi connectivity index (χ2n) is 4.50. The molecule has 1 aromatic heterocycles. The monoisotopic (exact) mass is 306 g/mol. The predicted octanol–water partition coefficient (Wildman–Crippen LogP) is 2.59. The van der Waals surface area contributed by atoms with Crippen LogP contribution >= 0.6 is 11.3 Å². The second kappa shape index (κ2) is 6.49. The molecule has 21 heavy (non-hydrogen) atoms. The number of anilines is 1. The van der Waals surface area contributed by atoms with E-state index in [9.17, 15) is 4.79 Å². The van der Waals surface area contributed by atoms with Crippen molar-refractivity contribution in [1.82, 2.24) is 5.32 Å². The Labute approximate surface area is 127 Å². The first kappa shape index (κ1) is 15.2. The molecular formula is C15H18N2O3S. The maximum absolute atomic E-state index is 12.3. The minimum absolute atomic E-state index is 0.252. The number of nitrogen functional groups attached to an aromatic ring is 1. The van der Waals surface area contributed by atoms with Crippen LogP contribution in [0.2, 0.25) is 0 Å². The van der Waals surface area contributed by atoms with Crippen LogP contribution in [0.5, 0.6) is 11.5 Å². The molecule has 0 aliphatic heterocycles. The van der Waals surface area contributed by atoms with E-state index in [4.69, 9.17) is 15.2 Å². The number of nitrogens with two attached hydrogens (primary N) is 1. The van der Waals surface area contributed by atoms with Crippen molar-refractivity contribution in [2.75, 3.05) is 20.0 Å². The van der Waals surface area contributed by atoms with Crippen LogP contribution in [0.1, 0.15) is 20.8 Å². The van der Waals surface area contributed by atoms with E-state index >= 15 is 0 Å². The molecule has 0 aliphatic carbocycles. The van der Waals surface area contributed by atoms with Crippen LogP contribution in [-0.2, 0) is 6.54 Å². The van der Waals surface area contributed by atoms with Gasteiger partial charge in [0.1, 0.15) is 11.5 Å². The highest BCUT2D eigenvalue weighted by atomic mass is 32.1. The number of ether oxygens (including phenoxy) is 2. The lowest BCUT2D eigenvalue weighted by molar-refractivity contribution is 0.0951. The van der Waals surface area contributed by atoms with Crippen molar-refractivity contribution in [2.24, 2.45) is 0 Å². The van der Waals surface area contributed by atoms with Crippen molar-refractivity contribution in [2.45, 2.75) is 13.5 Å². The fourth-order valence-electron chi connectivity index (χ4n) is 1.92. The first-order valence-corrected chi connectivity index (χ1v) is 7.27. The van der Waals surface area contributed by atoms with Crippen molar-refractivity contribution in [3.63, 3.8) is 0 Å². The van der Waals surface area contributed by atoms with Gasteiger partial charge in [0.15, 0.2) is 0 Å². The number of nitrogens with one attached hydrogen (secondary N) is 1. The van der Waals surface area contributed by atoms with Crippen molar-refractivity contribution >= 4 is 22.9 Å². The zero-order chi connectivity index (χ0) is 15.4. The minimum atomic E-state index is -0.252. The third kappa shape index (κ3) is 3.28. The van der Waals surface area contributed by atoms with Crippen molar-refractivity contribution in [3.8, 4) is 11.5 Å². The van der Waals surface area contributed by atoms with Gasteiger partial charge in [0, 0.05) is 10.9 Å². The Kier molecular flexibility index (Phi) is 4.70. The summed E-state index contributed by atoms with van der Waals surface area (Å²) in [4.78, 5) is 13.4. The summed E-state index contributed by atoms with van der Waals surface area (Å²) in [7, 11) is 3.03. The van der Waals surface area contributed by atoms with Gasteiger partial charge in [-0.25, -0.2) is 0 Å². The minimum Gasteiger partial charge on any atom is -0.497 e. The number of carbonyl (C=O) groups is 1. The third-order valence-electron chi connectivity index (χ3n) is 3.19. The molecule has 2 aromatic rings. The summed E-state index contributed by atoms with van der Waals surface area (Å²) in [6.07, 6.45) is 0. The molecule has 0 aliphatic rings. The fraction of sp³-hybridized carbons (Fsp3) is 0.267. The predicted molar refractivity (Wildman–Crippen MR) is 84.2 cm³/mol. The van der Waals surface area contributed by atoms with E-state index in [1.54, 1.807) is 23.5 Å². The van der Waals surface area contributed by atoms with Gasteiger partial charge in [-0.2, -0.15) is 0 Å². The average Bonchev–Trinajstić information content (AvgIpc) is 2.90. The lowest BCUT2D eigenvalue weighted by Crippen LogP contribution is -2.24. The molecule has 5 nitrogen and oxygen atoms in total. The van der Waals surface area contributed by atoms with Gasteiger partial charge in [-0.1, -0.05) is 0 Å². The SMILES string of the molecule is COc1cc(OC)c(N)c(C(=O)NCc2sccc2C)c1. The van der Waals surface area contributed by atoms with E-state index in [2.05, 4.69) is 5.32 Å². The Morgan fingerprint density at radius 1 is 1.33 bits per heavy atom. The van der Waals surface area contributed by atoms with E-state index in [0.717, 1.165) is 10.4 Å². The molecule has 1 aromatic carbocycles. The average molecular weight is 306 g/mol. The number of carbonyl (C=O) groups excluding carboxylic acids is 1. The molecule has 0 saturated heterocycles. The van der Waals surface area contributed by atoms with Gasteiger partial charge >= 0.3 is 0 Å². The third-order valence-corrected chi connectivity index (χ3v) is 4.22. The van der Waals surface area contributed by atoms with Crippen molar-refractivity contribution in [3.05, 3.63) is 39.6 Å². The molecule has 2 rings (SSSR count). The summed E-state index contributed by atoms with van der Waals surface area (Å²) in [5.41, 5.74) is 7.77. The smallest absolute Gasteiger partial charge is 0.253 e. The summed E-state index contributed by atoms with van der Waals surface area (Å²) in [5, 5.41) is 4.87. The number of hydrogen-bond donors (Lipinski definition) is 2. The largest absolute Gasteiger partial charge is 0.497 e. The molecule has 0 saturated carbocycles. The zero-order valence-corrected chi connectivity index (χ0v) is 13.0. The first-order chi connectivity index (χ1) is 10.1. The Balaban J connectivity index is 2.20. The van der Waals surface area contributed by atoms with Gasteiger partial charge in [-0.05, 0) is 30.0 Å². The van der Waals surface area contributed by atoms with Crippen LogP contribution in [0, 0.1) is 6.92 Å². The molecule has 0 spiro atoms. The van der Waals surface area contributed by atoms with Gasteiger partial charge in [0.2, 0.25) is 0 Å². The molecule has 0 fully saturated rings. The Morgan fingerprint density at radius 2 is 2.10 bits per heavy atom. The quantitative estimate of drug-likeness (QED) is 0.833. The summed E-state index contributed by atoms with van der Waals surface area (Å²) >= 11 is 1.61. The maximum atomic E-state index is 12.3. The fourth-order valence-corrected chi connectivity index (χ4v) is 2.76. The molecule has 112 valence electrons. The second-order valence-corrected chi connectivity index (χ2v) is 5.50. The molecular weight excluding hydrogens is 288 g/mol. The molecule has 0 radical (unpaired) electrons. The Hall–Kier alpha value is -2.21. The normalized spacial score (nSPS) is 10.2. The number of hydrogen-bond acceptors (Lipinski definition) is 5. The number of thiophene rings is 1. The van der Waals surface area contributed by atoms with E-state index in [-0.39, 0.29) is 5.91 Å². The van der Waals surface area contributed by atoms with Crippen LogP contribution in [-0.4, -0.2) is 20.1 Å². The lowest BCUT2D eigenvalue weighted by Gasteiger charge is -2.12. The molecule has 0 atom stereocenters. The molecule has 1 amide bonds. The maximum Gasteiger partial charge on any atom is 0.253 e. The van der Waals surface area contributed by atoms with E-state index in [0.29, 0.717) is 29.3 Å². The Morgan fingerprint density at radius 3 is 2.67 bits per heavy atom. The zero-order valence-electron chi connectivity index (χ0n) is 12.2. The van der Waals surface area contributed by atoms with E-state index < -0.39 is 0 Å². The van der Waals surface area contributed by atoms with E-state index in [1.807, 2.05) is 18.4 Å². The number of methoxy groups -OCH3 is 2. The number of benzene rings is 1. The van der Waals surface area contributed by atoms with Gasteiger partial charge < -0.3 is 20.5 Å². The van der Waals surface area contributed by atoms with Gasteiger partial charge in [-0.15, -0.1) is 11.3 Å². The lowest BCUT2D eigenvalue weighted by atomic mass is 10.1. The molecule has 3 N–H and O–H groups in total. The number of amides is 1. The molecule has 6 heteroatoms. The van der Waals surface area contributed by atoms with Crippen molar-refractivity contribution < 1.29 is 14.3 Å². The van der Waals surface area contributed by atoms with Gasteiger partial charge in [0.25, 0.3) is 5.91 Å². The van der Waals surface area contributed by atoms with Crippen LogP contribution in [0.15, 0.2) is 23.6 Å². The molecule has 0 bridgehead atoms. The van der Waals surface area contributed by atoms with E-state index in [1.165, 1.54) is 14.2 Å². The standard InChI is InChI=1S/C15H18N2O3S/c1-9-4-5-21-13(9)8-17-15(18)11-6-10(19-2)7-12(20-3)14(11)16/h4-7H,8,16H2,1-3H3,(H,17,18).